The van der Waals surface area contributed by atoms with E-state index in [0.29, 0.717) is 6.04 Å². The van der Waals surface area contributed by atoms with Crippen LogP contribution in [0.5, 0.6) is 0 Å². The molecule has 0 amide bonds. The van der Waals surface area contributed by atoms with Gasteiger partial charge in [-0.05, 0) is 44.6 Å². The van der Waals surface area contributed by atoms with Gasteiger partial charge < -0.3 is 4.74 Å². The van der Waals surface area contributed by atoms with E-state index in [1.54, 1.807) is 0 Å². The first kappa shape index (κ1) is 9.64. The van der Waals surface area contributed by atoms with Crippen LogP contribution in [0.4, 0.5) is 0 Å². The Morgan fingerprint density at radius 1 is 1.33 bits per heavy atom. The molecule has 1 unspecified atom stereocenters. The number of carbonyl (C=O) groups excluding carboxylic acids is 1. The van der Waals surface area contributed by atoms with E-state index in [-0.39, 0.29) is 11.9 Å². The first-order valence-corrected chi connectivity index (χ1v) is 6.15. The number of carbonyl (C=O) groups is 1. The van der Waals surface area contributed by atoms with E-state index in [0.717, 1.165) is 18.4 Å². The number of nitrogens with zero attached hydrogens (tertiary/aromatic N) is 1. The van der Waals surface area contributed by atoms with Crippen LogP contribution in [0.25, 0.3) is 0 Å². The molecule has 0 N–H and O–H groups in total. The topological polar surface area (TPSA) is 29.5 Å². The lowest BCUT2D eigenvalue weighted by molar-refractivity contribution is -0.150. The van der Waals surface area contributed by atoms with Crippen LogP contribution in [0.3, 0.4) is 0 Å². The van der Waals surface area contributed by atoms with Crippen molar-refractivity contribution in [1.29, 1.82) is 0 Å². The summed E-state index contributed by atoms with van der Waals surface area (Å²) in [5.74, 6) is 0.964. The zero-order valence-corrected chi connectivity index (χ0v) is 9.32. The molecule has 3 nitrogen and oxygen atoms in total. The molecular formula is C12H19NO2. The number of hydrogen-bond donors (Lipinski definition) is 0. The first-order chi connectivity index (χ1) is 7.31. The summed E-state index contributed by atoms with van der Waals surface area (Å²) in [5, 5.41) is 0. The summed E-state index contributed by atoms with van der Waals surface area (Å²) in [5.41, 5.74) is 0. The second kappa shape index (κ2) is 3.48. The molecule has 0 radical (unpaired) electrons. The van der Waals surface area contributed by atoms with Gasteiger partial charge in [0, 0.05) is 12.1 Å². The van der Waals surface area contributed by atoms with Crippen molar-refractivity contribution >= 4 is 5.97 Å². The number of rotatable bonds is 1. The molecule has 3 aliphatic heterocycles. The quantitative estimate of drug-likeness (QED) is 0.612. The SMILES string of the molecule is COC(=O)[C@@H]1CC[C@@H]2C[C@@H]3CCCN2[C@@H]31. The molecular weight excluding hydrogens is 190 g/mol. The van der Waals surface area contributed by atoms with Gasteiger partial charge in [-0.3, -0.25) is 9.69 Å². The van der Waals surface area contributed by atoms with E-state index in [2.05, 4.69) is 4.90 Å². The first-order valence-electron chi connectivity index (χ1n) is 6.15. The maximum atomic E-state index is 11.7. The minimum Gasteiger partial charge on any atom is -0.469 e. The van der Waals surface area contributed by atoms with Gasteiger partial charge in [-0.15, -0.1) is 0 Å². The van der Waals surface area contributed by atoms with Gasteiger partial charge in [-0.2, -0.15) is 0 Å². The van der Waals surface area contributed by atoms with E-state index >= 15 is 0 Å². The van der Waals surface area contributed by atoms with Gasteiger partial charge in [-0.25, -0.2) is 0 Å². The molecule has 5 atom stereocenters. The Morgan fingerprint density at radius 2 is 2.20 bits per heavy atom. The molecule has 0 aromatic heterocycles. The molecule has 15 heavy (non-hydrogen) atoms. The fourth-order valence-corrected chi connectivity index (χ4v) is 4.09. The number of hydrogen-bond acceptors (Lipinski definition) is 3. The minimum atomic E-state index is 0.0252. The summed E-state index contributed by atoms with van der Waals surface area (Å²) >= 11 is 0. The Balaban J connectivity index is 1.85. The number of methoxy groups -OCH3 is 1. The van der Waals surface area contributed by atoms with E-state index < -0.39 is 0 Å². The van der Waals surface area contributed by atoms with Crippen LogP contribution in [-0.2, 0) is 9.53 Å². The van der Waals surface area contributed by atoms with Crippen LogP contribution >= 0.6 is 0 Å². The van der Waals surface area contributed by atoms with Gasteiger partial charge in [0.25, 0.3) is 0 Å². The summed E-state index contributed by atoms with van der Waals surface area (Å²) in [6.45, 7) is 1.21. The minimum absolute atomic E-state index is 0.0252. The van der Waals surface area contributed by atoms with Crippen molar-refractivity contribution < 1.29 is 9.53 Å². The number of esters is 1. The fourth-order valence-electron chi connectivity index (χ4n) is 4.09. The average molecular weight is 209 g/mol. The van der Waals surface area contributed by atoms with Gasteiger partial charge in [-0.1, -0.05) is 0 Å². The third-order valence-electron chi connectivity index (χ3n) is 4.63. The van der Waals surface area contributed by atoms with Crippen molar-refractivity contribution in [3.63, 3.8) is 0 Å². The van der Waals surface area contributed by atoms with Gasteiger partial charge in [0.1, 0.15) is 0 Å². The van der Waals surface area contributed by atoms with Crippen molar-refractivity contribution in [1.82, 2.24) is 4.90 Å². The number of ether oxygens (including phenoxy) is 1. The van der Waals surface area contributed by atoms with Crippen molar-refractivity contribution in [3.05, 3.63) is 0 Å². The lowest BCUT2D eigenvalue weighted by Crippen LogP contribution is -2.51. The van der Waals surface area contributed by atoms with Crippen LogP contribution in [0, 0.1) is 11.8 Å². The van der Waals surface area contributed by atoms with Crippen LogP contribution in [-0.4, -0.2) is 36.6 Å². The summed E-state index contributed by atoms with van der Waals surface area (Å²) in [4.78, 5) is 14.3. The van der Waals surface area contributed by atoms with Gasteiger partial charge in [0.15, 0.2) is 0 Å². The maximum absolute atomic E-state index is 11.7. The molecule has 0 aliphatic carbocycles. The zero-order chi connectivity index (χ0) is 10.4. The Hall–Kier alpha value is -0.570. The van der Waals surface area contributed by atoms with Gasteiger partial charge in [0.2, 0.25) is 0 Å². The molecule has 0 aromatic rings. The van der Waals surface area contributed by atoms with Crippen LogP contribution in [0.15, 0.2) is 0 Å². The Labute approximate surface area is 90.8 Å². The molecule has 84 valence electrons. The second-order valence-corrected chi connectivity index (χ2v) is 5.23. The highest BCUT2D eigenvalue weighted by Gasteiger charge is 2.52. The second-order valence-electron chi connectivity index (χ2n) is 5.23. The molecule has 3 rings (SSSR count). The zero-order valence-electron chi connectivity index (χ0n) is 9.32. The summed E-state index contributed by atoms with van der Waals surface area (Å²) in [7, 11) is 1.52. The molecule has 0 spiro atoms. The Bertz CT molecular complexity index is 279. The summed E-state index contributed by atoms with van der Waals surface area (Å²) in [6.07, 6.45) is 6.23. The highest BCUT2D eigenvalue weighted by molar-refractivity contribution is 5.73. The monoisotopic (exact) mass is 209 g/mol. The van der Waals surface area contributed by atoms with E-state index in [9.17, 15) is 4.79 Å². The number of piperidine rings is 2. The average Bonchev–Trinajstić information content (AvgIpc) is 2.48. The molecule has 4 bridgehead atoms. The molecule has 0 saturated carbocycles. The van der Waals surface area contributed by atoms with Crippen LogP contribution in [0.1, 0.15) is 32.1 Å². The Kier molecular flexibility index (Phi) is 2.23. The smallest absolute Gasteiger partial charge is 0.310 e. The van der Waals surface area contributed by atoms with Crippen LogP contribution < -0.4 is 0 Å². The summed E-state index contributed by atoms with van der Waals surface area (Å²) in [6, 6.07) is 1.30. The maximum Gasteiger partial charge on any atom is 0.310 e. The largest absolute Gasteiger partial charge is 0.469 e. The van der Waals surface area contributed by atoms with Crippen molar-refractivity contribution in [2.24, 2.45) is 11.8 Å². The molecule has 3 heterocycles. The highest BCUT2D eigenvalue weighted by Crippen LogP contribution is 2.47. The van der Waals surface area contributed by atoms with Crippen molar-refractivity contribution in [2.75, 3.05) is 13.7 Å². The standard InChI is InChI=1S/C12H19NO2/c1-15-12(14)10-5-4-9-7-8-3-2-6-13(9)11(8)10/h8-11H,2-7H2,1H3/t8-,9+,10+,11-/m0/s1. The van der Waals surface area contributed by atoms with E-state index in [4.69, 9.17) is 4.74 Å². The van der Waals surface area contributed by atoms with Crippen molar-refractivity contribution in [2.45, 2.75) is 44.2 Å². The third-order valence-corrected chi connectivity index (χ3v) is 4.63. The molecule has 3 fully saturated rings. The summed E-state index contributed by atoms with van der Waals surface area (Å²) < 4.78 is 4.94. The molecule has 3 saturated heterocycles. The molecule has 0 aromatic carbocycles. The lowest BCUT2D eigenvalue weighted by atomic mass is 9.82. The Morgan fingerprint density at radius 3 is 3.00 bits per heavy atom. The van der Waals surface area contributed by atoms with E-state index in [1.807, 2.05) is 0 Å². The molecule has 3 heteroatoms. The normalized spacial score (nSPS) is 47.7. The van der Waals surface area contributed by atoms with Gasteiger partial charge >= 0.3 is 5.97 Å². The third kappa shape index (κ3) is 1.32. The van der Waals surface area contributed by atoms with Gasteiger partial charge in [0.05, 0.1) is 13.0 Å². The lowest BCUT2D eigenvalue weighted by Gasteiger charge is -2.42. The predicted octanol–water partition coefficient (Wildman–Crippen LogP) is 1.42. The van der Waals surface area contributed by atoms with Crippen LogP contribution in [0.2, 0.25) is 0 Å². The highest BCUT2D eigenvalue weighted by atomic mass is 16.5. The predicted molar refractivity (Wildman–Crippen MR) is 56.4 cm³/mol. The fraction of sp³-hybridized carbons (Fsp3) is 0.917. The van der Waals surface area contributed by atoms with Crippen molar-refractivity contribution in [3.8, 4) is 0 Å². The molecule has 3 aliphatic rings. The van der Waals surface area contributed by atoms with E-state index in [1.165, 1.54) is 39.3 Å².